The van der Waals surface area contributed by atoms with Crippen molar-refractivity contribution in [2.45, 2.75) is 12.8 Å². The van der Waals surface area contributed by atoms with E-state index in [-0.39, 0.29) is 23.8 Å². The third kappa shape index (κ3) is 5.18. The number of carbonyl (C=O) groups is 1. The lowest BCUT2D eigenvalue weighted by Gasteiger charge is -2.11. The van der Waals surface area contributed by atoms with Crippen LogP contribution in [0, 0.1) is 0 Å². The number of hydrogen-bond acceptors (Lipinski definition) is 8. The fraction of sp³-hybridized carbons (Fsp3) is 0.235. The summed E-state index contributed by atoms with van der Waals surface area (Å²) in [5, 5.41) is 5.66. The van der Waals surface area contributed by atoms with Crippen LogP contribution in [-0.2, 0) is 17.5 Å². The van der Waals surface area contributed by atoms with Crippen LogP contribution in [0.25, 0.3) is 11.4 Å². The number of nitrogens with zero attached hydrogens (tertiary/aromatic N) is 5. The van der Waals surface area contributed by atoms with Gasteiger partial charge in [-0.25, -0.2) is 14.8 Å². The predicted octanol–water partition coefficient (Wildman–Crippen LogP) is 3.36. The van der Waals surface area contributed by atoms with Gasteiger partial charge in [0.15, 0.2) is 0 Å². The van der Waals surface area contributed by atoms with Crippen LogP contribution in [0.1, 0.15) is 11.5 Å². The second kappa shape index (κ2) is 8.12. The number of aromatic nitrogens is 4. The Morgan fingerprint density at radius 3 is 2.52 bits per heavy atom. The molecule has 0 unspecified atom stereocenters. The molecule has 152 valence electrons. The van der Waals surface area contributed by atoms with Crippen LogP contribution in [-0.4, -0.2) is 40.3 Å². The van der Waals surface area contributed by atoms with Crippen molar-refractivity contribution in [3.63, 3.8) is 0 Å². The molecule has 3 rings (SSSR count). The number of alkyl halides is 3. The van der Waals surface area contributed by atoms with E-state index in [1.165, 1.54) is 18.3 Å². The lowest BCUT2D eigenvalue weighted by atomic mass is 10.2. The first-order valence-electron chi connectivity index (χ1n) is 8.16. The first-order chi connectivity index (χ1) is 13.7. The molecule has 0 saturated carbocycles. The maximum absolute atomic E-state index is 12.5. The SMILES string of the molecule is CN(C)c1ccc(COC(=O)Nc2ccc(-c3noc(C(F)(F)F)n3)cn2)cn1. The average Bonchev–Trinajstić information content (AvgIpc) is 3.18. The smallest absolute Gasteiger partial charge is 0.444 e. The largest absolute Gasteiger partial charge is 0.471 e. The highest BCUT2D eigenvalue weighted by atomic mass is 19.4. The van der Waals surface area contributed by atoms with Crippen LogP contribution in [0.15, 0.2) is 41.2 Å². The number of ether oxygens (including phenoxy) is 1. The Labute approximate surface area is 162 Å². The lowest BCUT2D eigenvalue weighted by molar-refractivity contribution is -0.159. The molecule has 12 heteroatoms. The molecule has 9 nitrogen and oxygen atoms in total. The summed E-state index contributed by atoms with van der Waals surface area (Å²) >= 11 is 0. The summed E-state index contributed by atoms with van der Waals surface area (Å²) in [6, 6.07) is 6.33. The molecule has 3 heterocycles. The van der Waals surface area contributed by atoms with Gasteiger partial charge in [-0.2, -0.15) is 18.2 Å². The Morgan fingerprint density at radius 1 is 1.17 bits per heavy atom. The maximum Gasteiger partial charge on any atom is 0.471 e. The molecule has 0 saturated heterocycles. The second-order valence-electron chi connectivity index (χ2n) is 5.97. The zero-order chi connectivity index (χ0) is 21.0. The first kappa shape index (κ1) is 20.0. The molecule has 3 aromatic rings. The van der Waals surface area contributed by atoms with Crippen molar-refractivity contribution in [3.8, 4) is 11.4 Å². The van der Waals surface area contributed by atoms with Gasteiger partial charge in [-0.1, -0.05) is 11.2 Å². The van der Waals surface area contributed by atoms with Gasteiger partial charge in [0, 0.05) is 37.6 Å². The minimum atomic E-state index is -4.73. The van der Waals surface area contributed by atoms with Crippen LogP contribution in [0.2, 0.25) is 0 Å². The Bertz CT molecular complexity index is 971. The Hall–Kier alpha value is -3.70. The summed E-state index contributed by atoms with van der Waals surface area (Å²) in [7, 11) is 3.72. The monoisotopic (exact) mass is 408 g/mol. The molecule has 1 amide bonds. The normalized spacial score (nSPS) is 11.2. The number of amides is 1. The number of hydrogen-bond donors (Lipinski definition) is 1. The maximum atomic E-state index is 12.5. The van der Waals surface area contributed by atoms with Gasteiger partial charge >= 0.3 is 18.2 Å². The van der Waals surface area contributed by atoms with Gasteiger partial charge in [-0.3, -0.25) is 5.32 Å². The molecular formula is C17H15F3N6O3. The van der Waals surface area contributed by atoms with Gasteiger partial charge in [0.1, 0.15) is 18.2 Å². The van der Waals surface area contributed by atoms with Gasteiger partial charge in [0.05, 0.1) is 0 Å². The van der Waals surface area contributed by atoms with E-state index in [4.69, 9.17) is 4.74 Å². The number of halogens is 3. The molecule has 29 heavy (non-hydrogen) atoms. The Kier molecular flexibility index (Phi) is 5.61. The predicted molar refractivity (Wildman–Crippen MR) is 94.9 cm³/mol. The molecule has 0 fully saturated rings. The van der Waals surface area contributed by atoms with E-state index in [1.54, 1.807) is 18.3 Å². The van der Waals surface area contributed by atoms with Crippen LogP contribution in [0.5, 0.6) is 0 Å². The third-order valence-corrected chi connectivity index (χ3v) is 3.56. The van der Waals surface area contributed by atoms with E-state index >= 15 is 0 Å². The van der Waals surface area contributed by atoms with E-state index in [0.29, 0.717) is 5.56 Å². The molecule has 0 bridgehead atoms. The number of nitrogens with one attached hydrogen (secondary N) is 1. The molecule has 0 aromatic carbocycles. The van der Waals surface area contributed by atoms with Crippen LogP contribution in [0.3, 0.4) is 0 Å². The summed E-state index contributed by atoms with van der Waals surface area (Å²) < 4.78 is 46.7. The highest BCUT2D eigenvalue weighted by Crippen LogP contribution is 2.29. The highest BCUT2D eigenvalue weighted by Gasteiger charge is 2.38. The zero-order valence-electron chi connectivity index (χ0n) is 15.3. The minimum Gasteiger partial charge on any atom is -0.444 e. The quantitative estimate of drug-likeness (QED) is 0.685. The molecule has 0 aliphatic rings. The van der Waals surface area contributed by atoms with Gasteiger partial charge in [0.25, 0.3) is 0 Å². The molecule has 1 N–H and O–H groups in total. The van der Waals surface area contributed by atoms with Crippen molar-refractivity contribution in [2.75, 3.05) is 24.3 Å². The van der Waals surface area contributed by atoms with Crippen molar-refractivity contribution >= 4 is 17.7 Å². The molecule has 0 aliphatic heterocycles. The molecular weight excluding hydrogens is 393 g/mol. The van der Waals surface area contributed by atoms with Crippen LogP contribution < -0.4 is 10.2 Å². The summed E-state index contributed by atoms with van der Waals surface area (Å²) in [5.74, 6) is -0.815. The van der Waals surface area contributed by atoms with Crippen molar-refractivity contribution < 1.29 is 27.2 Å². The first-order valence-corrected chi connectivity index (χ1v) is 8.16. The van der Waals surface area contributed by atoms with E-state index in [1.807, 2.05) is 19.0 Å². The fourth-order valence-corrected chi connectivity index (χ4v) is 2.11. The number of pyridine rings is 2. The van der Waals surface area contributed by atoms with Crippen LogP contribution in [0.4, 0.5) is 29.6 Å². The summed E-state index contributed by atoms with van der Waals surface area (Å²) in [6.07, 6.45) is -2.69. The number of anilines is 2. The Morgan fingerprint density at radius 2 is 1.97 bits per heavy atom. The second-order valence-corrected chi connectivity index (χ2v) is 5.97. The molecule has 0 radical (unpaired) electrons. The van der Waals surface area contributed by atoms with E-state index in [0.717, 1.165) is 5.82 Å². The van der Waals surface area contributed by atoms with Crippen molar-refractivity contribution in [2.24, 2.45) is 0 Å². The molecule has 0 atom stereocenters. The Balaban J connectivity index is 1.55. The van der Waals surface area contributed by atoms with Crippen LogP contribution >= 0.6 is 0 Å². The molecule has 0 aliphatic carbocycles. The molecule has 0 spiro atoms. The average molecular weight is 408 g/mol. The summed E-state index contributed by atoms with van der Waals surface area (Å²) in [4.78, 5) is 25.1. The standard InChI is InChI=1S/C17H15F3N6O3/c1-26(2)13-6-3-10(7-22-13)9-28-16(27)23-12-5-4-11(8-21-12)14-24-15(29-25-14)17(18,19)20/h3-8H,9H2,1-2H3,(H,21,23,27). The number of rotatable bonds is 5. The molecule has 3 aromatic heterocycles. The van der Waals surface area contributed by atoms with Gasteiger partial charge in [-0.05, 0) is 18.2 Å². The van der Waals surface area contributed by atoms with Crippen molar-refractivity contribution in [1.29, 1.82) is 0 Å². The lowest BCUT2D eigenvalue weighted by Crippen LogP contribution is -2.15. The van der Waals surface area contributed by atoms with E-state index < -0.39 is 18.2 Å². The minimum absolute atomic E-state index is 0.00764. The van der Waals surface area contributed by atoms with Crippen molar-refractivity contribution in [3.05, 3.63) is 48.1 Å². The summed E-state index contributed by atoms with van der Waals surface area (Å²) in [5.41, 5.74) is 0.891. The van der Waals surface area contributed by atoms with Crippen molar-refractivity contribution in [1.82, 2.24) is 20.1 Å². The zero-order valence-corrected chi connectivity index (χ0v) is 15.3. The fourth-order valence-electron chi connectivity index (χ4n) is 2.11. The van der Waals surface area contributed by atoms with Gasteiger partial charge in [-0.15, -0.1) is 0 Å². The van der Waals surface area contributed by atoms with Gasteiger partial charge in [0.2, 0.25) is 5.82 Å². The van der Waals surface area contributed by atoms with Gasteiger partial charge < -0.3 is 14.2 Å². The van der Waals surface area contributed by atoms with E-state index in [2.05, 4.69) is 29.9 Å². The summed E-state index contributed by atoms with van der Waals surface area (Å²) in [6.45, 7) is 0.00764. The van der Waals surface area contributed by atoms with E-state index in [9.17, 15) is 18.0 Å². The topological polar surface area (TPSA) is 106 Å². The third-order valence-electron chi connectivity index (χ3n) is 3.56. The highest BCUT2D eigenvalue weighted by molar-refractivity contribution is 5.83. The number of carbonyl (C=O) groups excluding carboxylic acids is 1.